The molecule has 0 aliphatic heterocycles. The van der Waals surface area contributed by atoms with E-state index < -0.39 is 10.8 Å². The number of hydrogen-bond acceptors (Lipinski definition) is 2. The van der Waals surface area contributed by atoms with Crippen LogP contribution in [0.5, 0.6) is 0 Å². The molecule has 0 aromatic heterocycles. The van der Waals surface area contributed by atoms with E-state index in [1.165, 1.54) is 32.1 Å². The summed E-state index contributed by atoms with van der Waals surface area (Å²) in [6, 6.07) is 0.428. The number of nitrogens with zero attached hydrogens (tertiary/aromatic N) is 1. The number of aliphatic imine (C=N–C) groups is 1. The number of rotatable bonds is 5. The van der Waals surface area contributed by atoms with Gasteiger partial charge in [0.2, 0.25) is 0 Å². The Labute approximate surface area is 125 Å². The van der Waals surface area contributed by atoms with Crippen LogP contribution < -0.4 is 10.6 Å². The molecule has 0 heterocycles. The van der Waals surface area contributed by atoms with E-state index in [9.17, 15) is 4.21 Å². The smallest absolute Gasteiger partial charge is 0.191 e. The highest BCUT2D eigenvalue weighted by atomic mass is 32.2. The fourth-order valence-corrected chi connectivity index (χ4v) is 4.42. The topological polar surface area (TPSA) is 53.5 Å². The Balaban J connectivity index is 1.76. The molecule has 5 heteroatoms. The summed E-state index contributed by atoms with van der Waals surface area (Å²) >= 11 is 0. The molecule has 0 spiro atoms. The molecule has 4 nitrogen and oxygen atoms in total. The predicted molar refractivity (Wildman–Crippen MR) is 86.6 cm³/mol. The third-order valence-electron chi connectivity index (χ3n) is 4.63. The van der Waals surface area contributed by atoms with Crippen molar-refractivity contribution in [2.75, 3.05) is 19.3 Å². The molecule has 2 rings (SSSR count). The molecule has 0 saturated heterocycles. The van der Waals surface area contributed by atoms with Gasteiger partial charge >= 0.3 is 0 Å². The Morgan fingerprint density at radius 3 is 2.60 bits per heavy atom. The van der Waals surface area contributed by atoms with Gasteiger partial charge in [0.05, 0.1) is 0 Å². The Bertz CT molecular complexity index is 355. The maximum Gasteiger partial charge on any atom is 0.191 e. The maximum absolute atomic E-state index is 12.0. The van der Waals surface area contributed by atoms with Gasteiger partial charge < -0.3 is 10.6 Å². The second kappa shape index (κ2) is 8.01. The minimum Gasteiger partial charge on any atom is -0.356 e. The standard InChI is InChI=1S/C15H29N3OS/c1-3-20(19)14-9-5-8-13(10-14)18-15(16-2)17-11-12-6-4-7-12/h12-14H,3-11H2,1-2H3,(H2,16,17,18). The van der Waals surface area contributed by atoms with Crippen LogP contribution >= 0.6 is 0 Å². The highest BCUT2D eigenvalue weighted by Crippen LogP contribution is 2.25. The van der Waals surface area contributed by atoms with E-state index in [0.717, 1.165) is 37.0 Å². The van der Waals surface area contributed by atoms with E-state index in [1.807, 2.05) is 14.0 Å². The molecule has 0 aromatic rings. The van der Waals surface area contributed by atoms with Crippen LogP contribution in [0.15, 0.2) is 4.99 Å². The number of hydrogen-bond donors (Lipinski definition) is 2. The average Bonchev–Trinajstić information content (AvgIpc) is 2.43. The summed E-state index contributed by atoms with van der Waals surface area (Å²) < 4.78 is 12.0. The van der Waals surface area contributed by atoms with Crippen LogP contribution in [0.2, 0.25) is 0 Å². The van der Waals surface area contributed by atoms with E-state index in [-0.39, 0.29) is 0 Å². The van der Waals surface area contributed by atoms with Crippen LogP contribution in [0.1, 0.15) is 51.9 Å². The molecule has 2 saturated carbocycles. The largest absolute Gasteiger partial charge is 0.356 e. The average molecular weight is 299 g/mol. The van der Waals surface area contributed by atoms with Crippen molar-refractivity contribution in [2.45, 2.75) is 63.2 Å². The van der Waals surface area contributed by atoms with Gasteiger partial charge in [0.1, 0.15) is 0 Å². The molecule has 0 amide bonds. The third-order valence-corrected chi connectivity index (χ3v) is 6.37. The second-order valence-electron chi connectivity index (χ2n) is 6.05. The minimum absolute atomic E-state index is 0.371. The zero-order valence-corrected chi connectivity index (χ0v) is 13.7. The molecule has 3 atom stereocenters. The van der Waals surface area contributed by atoms with E-state index >= 15 is 0 Å². The summed E-state index contributed by atoms with van der Waals surface area (Å²) in [7, 11) is 1.18. The third kappa shape index (κ3) is 4.47. The lowest BCUT2D eigenvalue weighted by Crippen LogP contribution is -2.48. The number of nitrogens with one attached hydrogen (secondary N) is 2. The van der Waals surface area contributed by atoms with Gasteiger partial charge in [-0.2, -0.15) is 0 Å². The van der Waals surface area contributed by atoms with Gasteiger partial charge in [0.25, 0.3) is 0 Å². The van der Waals surface area contributed by atoms with Crippen molar-refractivity contribution in [2.24, 2.45) is 10.9 Å². The molecule has 2 aliphatic carbocycles. The lowest BCUT2D eigenvalue weighted by Gasteiger charge is -2.31. The quantitative estimate of drug-likeness (QED) is 0.603. The van der Waals surface area contributed by atoms with Crippen molar-refractivity contribution in [1.29, 1.82) is 0 Å². The lowest BCUT2D eigenvalue weighted by molar-refractivity contribution is 0.313. The lowest BCUT2D eigenvalue weighted by atomic mass is 9.85. The minimum atomic E-state index is -0.655. The molecule has 116 valence electrons. The van der Waals surface area contributed by atoms with Crippen LogP contribution in [0.3, 0.4) is 0 Å². The molecule has 3 unspecified atom stereocenters. The van der Waals surface area contributed by atoms with Crippen LogP contribution in [-0.2, 0) is 10.8 Å². The van der Waals surface area contributed by atoms with E-state index in [0.29, 0.717) is 11.3 Å². The summed E-state index contributed by atoms with van der Waals surface area (Å²) in [5, 5.41) is 7.33. The Morgan fingerprint density at radius 1 is 1.25 bits per heavy atom. The second-order valence-corrected chi connectivity index (χ2v) is 8.05. The normalized spacial score (nSPS) is 29.6. The molecule has 0 radical (unpaired) electrons. The first kappa shape index (κ1) is 15.8. The van der Waals surface area contributed by atoms with Crippen LogP contribution in [0.25, 0.3) is 0 Å². The molecule has 0 aromatic carbocycles. The zero-order valence-electron chi connectivity index (χ0n) is 12.9. The van der Waals surface area contributed by atoms with Gasteiger partial charge in [-0.3, -0.25) is 9.20 Å². The van der Waals surface area contributed by atoms with E-state index in [1.54, 1.807) is 0 Å². The predicted octanol–water partition coefficient (Wildman–Crippen LogP) is 2.03. The number of guanidine groups is 1. The van der Waals surface area contributed by atoms with Crippen molar-refractivity contribution >= 4 is 16.8 Å². The van der Waals surface area contributed by atoms with Crippen molar-refractivity contribution in [1.82, 2.24) is 10.6 Å². The monoisotopic (exact) mass is 299 g/mol. The Hall–Kier alpha value is -0.580. The van der Waals surface area contributed by atoms with Crippen LogP contribution in [0.4, 0.5) is 0 Å². The van der Waals surface area contributed by atoms with Crippen molar-refractivity contribution in [3.63, 3.8) is 0 Å². The van der Waals surface area contributed by atoms with Crippen molar-refractivity contribution in [3.8, 4) is 0 Å². The summed E-state index contributed by atoms with van der Waals surface area (Å²) in [5.74, 6) is 2.54. The molecule has 2 fully saturated rings. The van der Waals surface area contributed by atoms with Crippen molar-refractivity contribution < 1.29 is 4.21 Å². The highest BCUT2D eigenvalue weighted by molar-refractivity contribution is 7.85. The fraction of sp³-hybridized carbons (Fsp3) is 0.933. The molecular formula is C15H29N3OS. The van der Waals surface area contributed by atoms with Gasteiger partial charge in [-0.1, -0.05) is 19.8 Å². The van der Waals surface area contributed by atoms with E-state index in [4.69, 9.17) is 0 Å². The summed E-state index contributed by atoms with van der Waals surface area (Å²) in [4.78, 5) is 4.32. The Kier molecular flexibility index (Phi) is 6.33. The zero-order chi connectivity index (χ0) is 14.4. The van der Waals surface area contributed by atoms with Gasteiger partial charge in [-0.05, 0) is 38.0 Å². The first-order valence-electron chi connectivity index (χ1n) is 8.07. The maximum atomic E-state index is 12.0. The van der Waals surface area contributed by atoms with E-state index in [2.05, 4.69) is 15.6 Å². The molecule has 2 N–H and O–H groups in total. The molecule has 0 bridgehead atoms. The van der Waals surface area contributed by atoms with Crippen LogP contribution in [-0.4, -0.2) is 40.8 Å². The molecule has 20 heavy (non-hydrogen) atoms. The Morgan fingerprint density at radius 2 is 2.00 bits per heavy atom. The van der Waals surface area contributed by atoms with Gasteiger partial charge in [0.15, 0.2) is 5.96 Å². The summed E-state index contributed by atoms with van der Waals surface area (Å²) in [6.07, 6.45) is 8.56. The van der Waals surface area contributed by atoms with Gasteiger partial charge in [-0.25, -0.2) is 0 Å². The molecular weight excluding hydrogens is 270 g/mol. The van der Waals surface area contributed by atoms with Gasteiger partial charge in [0, 0.05) is 41.4 Å². The SMILES string of the molecule is CCS(=O)C1CCCC(NC(=NC)NCC2CCC2)C1. The first-order valence-corrected chi connectivity index (χ1v) is 9.45. The van der Waals surface area contributed by atoms with Crippen LogP contribution in [0, 0.1) is 5.92 Å². The van der Waals surface area contributed by atoms with Crippen molar-refractivity contribution in [3.05, 3.63) is 0 Å². The first-order chi connectivity index (χ1) is 9.72. The summed E-state index contributed by atoms with van der Waals surface area (Å²) in [6.45, 7) is 3.06. The van der Waals surface area contributed by atoms with Gasteiger partial charge in [-0.15, -0.1) is 0 Å². The fourth-order valence-electron chi connectivity index (χ4n) is 3.08. The molecule has 2 aliphatic rings. The summed E-state index contributed by atoms with van der Waals surface area (Å²) in [5.41, 5.74) is 0. The highest BCUT2D eigenvalue weighted by Gasteiger charge is 2.26.